The third-order valence-electron chi connectivity index (χ3n) is 2.90. The molecule has 4 nitrogen and oxygen atoms in total. The van der Waals surface area contributed by atoms with Gasteiger partial charge in [0.15, 0.2) is 0 Å². The quantitative estimate of drug-likeness (QED) is 0.410. The van der Waals surface area contributed by atoms with Gasteiger partial charge in [-0.3, -0.25) is 0 Å². The Balaban J connectivity index is 0.00000676. The zero-order valence-electron chi connectivity index (χ0n) is 12.0. The molecule has 19 heteroatoms. The van der Waals surface area contributed by atoms with Crippen LogP contribution >= 0.6 is 0 Å². The minimum absolute atomic E-state index is 0. The number of carboxylic acids is 1. The summed E-state index contributed by atoms with van der Waals surface area (Å²) in [6.45, 7) is 0. The Kier molecular flexibility index (Phi) is 6.32. The third-order valence-corrected chi connectivity index (χ3v) is 2.90. The SMILES string of the molecule is O=C(O)C(F)(C(F)(F)F)C(F)(F)N1C(F)(F)C(F)(F)OC(F)(F)C1(F)F.[Na]. The van der Waals surface area contributed by atoms with Crippen LogP contribution in [0.3, 0.4) is 0 Å². The molecule has 0 aromatic heterocycles. The normalized spacial score (nSPS) is 26.6. The van der Waals surface area contributed by atoms with E-state index < -0.39 is 53.1 Å². The second-order valence-electron chi connectivity index (χ2n) is 4.56. The van der Waals surface area contributed by atoms with Crippen molar-refractivity contribution in [2.45, 2.75) is 42.2 Å². The molecule has 1 atom stereocenters. The topological polar surface area (TPSA) is 49.8 Å². The molecule has 0 spiro atoms. The van der Waals surface area contributed by atoms with Gasteiger partial charge >= 0.3 is 48.2 Å². The smallest absolute Gasteiger partial charge is 0.441 e. The first-order valence-corrected chi connectivity index (χ1v) is 5.40. The molecule has 1 unspecified atom stereocenters. The van der Waals surface area contributed by atoms with E-state index >= 15 is 0 Å². The Morgan fingerprint density at radius 2 is 1.07 bits per heavy atom. The number of carbonyl (C=O) groups is 1. The van der Waals surface area contributed by atoms with E-state index in [9.17, 15) is 66.3 Å². The standard InChI is InChI=1S/C8HF14NO3.Na/c9-2(1(24)25,3(10,11)12)4(13,14)23-5(15,16)7(19,20)26-8(21,22)6(23,17)18;/h(H,24,25);. The van der Waals surface area contributed by atoms with Gasteiger partial charge in [0, 0.05) is 29.6 Å². The molecule has 1 N–H and O–H groups in total. The van der Waals surface area contributed by atoms with E-state index in [4.69, 9.17) is 5.11 Å². The predicted octanol–water partition coefficient (Wildman–Crippen LogP) is 3.26. The van der Waals surface area contributed by atoms with Gasteiger partial charge < -0.3 is 5.11 Å². The average molecular weight is 448 g/mol. The van der Waals surface area contributed by atoms with Crippen molar-refractivity contribution in [2.75, 3.05) is 0 Å². The van der Waals surface area contributed by atoms with Crippen molar-refractivity contribution in [3.63, 3.8) is 0 Å². The maximum Gasteiger partial charge on any atom is 0.441 e. The molecule has 1 rings (SSSR count). The summed E-state index contributed by atoms with van der Waals surface area (Å²) in [5, 5.41) is 7.94. The van der Waals surface area contributed by atoms with Gasteiger partial charge in [-0.15, -0.1) is 4.90 Å². The summed E-state index contributed by atoms with van der Waals surface area (Å²) in [5.41, 5.74) is -7.43. The van der Waals surface area contributed by atoms with Gasteiger partial charge in [0.2, 0.25) is 0 Å². The molecule has 1 aliphatic rings. The first kappa shape index (κ1) is 26.4. The summed E-state index contributed by atoms with van der Waals surface area (Å²) in [5.74, 6) is -4.46. The van der Waals surface area contributed by atoms with Crippen LogP contribution < -0.4 is 0 Å². The van der Waals surface area contributed by atoms with E-state index in [0.29, 0.717) is 0 Å². The van der Waals surface area contributed by atoms with Gasteiger partial charge in [0.1, 0.15) is 0 Å². The summed E-state index contributed by atoms with van der Waals surface area (Å²) < 4.78 is 183. The summed E-state index contributed by atoms with van der Waals surface area (Å²) in [6.07, 6.45) is -21.5. The molecule has 1 aliphatic heterocycles. The van der Waals surface area contributed by atoms with Gasteiger partial charge in [-0.05, 0) is 0 Å². The molecular formula is C8HF14NNaO3. The summed E-state index contributed by atoms with van der Waals surface area (Å²) >= 11 is 0. The monoisotopic (exact) mass is 448 g/mol. The van der Waals surface area contributed by atoms with E-state index in [1.54, 1.807) is 4.74 Å². The van der Waals surface area contributed by atoms with Gasteiger partial charge in [0.05, 0.1) is 0 Å². The number of rotatable bonds is 3. The van der Waals surface area contributed by atoms with Crippen LogP contribution in [-0.4, -0.2) is 87.7 Å². The van der Waals surface area contributed by atoms with Crippen LogP contribution in [0.25, 0.3) is 0 Å². The second-order valence-corrected chi connectivity index (χ2v) is 4.56. The molecule has 0 amide bonds. The van der Waals surface area contributed by atoms with Crippen molar-refractivity contribution in [3.8, 4) is 0 Å². The number of halogens is 14. The molecule has 1 heterocycles. The van der Waals surface area contributed by atoms with Gasteiger partial charge in [-0.2, -0.15) is 57.1 Å². The minimum atomic E-state index is -7.89. The molecule has 155 valence electrons. The minimum Gasteiger partial charge on any atom is -0.478 e. The van der Waals surface area contributed by atoms with Crippen LogP contribution in [0.2, 0.25) is 0 Å². The fourth-order valence-corrected chi connectivity index (χ4v) is 1.65. The zero-order chi connectivity index (χ0) is 21.4. The van der Waals surface area contributed by atoms with Crippen molar-refractivity contribution >= 4 is 35.5 Å². The number of carboxylic acid groups (broad SMARTS) is 1. The number of ether oxygens (including phenoxy) is 1. The van der Waals surface area contributed by atoms with Crippen LogP contribution in [0.4, 0.5) is 61.5 Å². The zero-order valence-corrected chi connectivity index (χ0v) is 14.0. The number of hydrogen-bond acceptors (Lipinski definition) is 3. The van der Waals surface area contributed by atoms with E-state index in [1.165, 1.54) is 0 Å². The second kappa shape index (κ2) is 6.46. The van der Waals surface area contributed by atoms with Gasteiger partial charge in [-0.25, -0.2) is 13.9 Å². The predicted molar refractivity (Wildman–Crippen MR) is 50.9 cm³/mol. The van der Waals surface area contributed by atoms with Crippen LogP contribution in [0.15, 0.2) is 0 Å². The van der Waals surface area contributed by atoms with Crippen molar-refractivity contribution < 1.29 is 76.1 Å². The van der Waals surface area contributed by atoms with Crippen molar-refractivity contribution in [2.24, 2.45) is 0 Å². The molecular weight excluding hydrogens is 447 g/mol. The number of morpholine rings is 1. The number of aliphatic carboxylic acids is 1. The number of nitrogens with zero attached hydrogens (tertiary/aromatic N) is 1. The Labute approximate surface area is 159 Å². The molecule has 1 radical (unpaired) electrons. The summed E-state index contributed by atoms with van der Waals surface area (Å²) in [4.78, 5) is 6.04. The maximum absolute atomic E-state index is 13.6. The van der Waals surface area contributed by atoms with Gasteiger partial charge in [0.25, 0.3) is 0 Å². The molecule has 27 heavy (non-hydrogen) atoms. The van der Waals surface area contributed by atoms with Crippen molar-refractivity contribution in [1.82, 2.24) is 4.90 Å². The number of alkyl halides is 14. The first-order chi connectivity index (χ1) is 11.0. The fourth-order valence-electron chi connectivity index (χ4n) is 1.65. The van der Waals surface area contributed by atoms with E-state index in [0.717, 1.165) is 0 Å². The molecule has 1 fully saturated rings. The molecule has 0 aliphatic carbocycles. The number of hydrogen-bond donors (Lipinski definition) is 1. The summed E-state index contributed by atoms with van der Waals surface area (Å²) in [7, 11) is 0. The van der Waals surface area contributed by atoms with Crippen molar-refractivity contribution in [1.29, 1.82) is 0 Å². The van der Waals surface area contributed by atoms with E-state index in [2.05, 4.69) is 0 Å². The largest absolute Gasteiger partial charge is 0.478 e. The summed E-state index contributed by atoms with van der Waals surface area (Å²) in [6, 6.07) is -22.7. The van der Waals surface area contributed by atoms with E-state index in [1.807, 2.05) is 0 Å². The molecule has 1 saturated heterocycles. The third kappa shape index (κ3) is 3.25. The maximum atomic E-state index is 13.6. The Morgan fingerprint density at radius 3 is 1.30 bits per heavy atom. The molecule has 0 saturated carbocycles. The Hall–Kier alpha value is -0.590. The van der Waals surface area contributed by atoms with E-state index in [-0.39, 0.29) is 29.6 Å². The van der Waals surface area contributed by atoms with Crippen LogP contribution in [0, 0.1) is 0 Å². The Bertz CT molecular complexity index is 580. The molecule has 0 aromatic carbocycles. The molecule has 0 aromatic rings. The van der Waals surface area contributed by atoms with Crippen LogP contribution in [0.1, 0.15) is 0 Å². The van der Waals surface area contributed by atoms with Gasteiger partial charge in [-0.1, -0.05) is 0 Å². The van der Waals surface area contributed by atoms with Crippen LogP contribution in [0.5, 0.6) is 0 Å². The van der Waals surface area contributed by atoms with Crippen molar-refractivity contribution in [3.05, 3.63) is 0 Å². The Morgan fingerprint density at radius 1 is 0.778 bits per heavy atom. The fraction of sp³-hybridized carbons (Fsp3) is 0.875. The average Bonchev–Trinajstić information content (AvgIpc) is 2.31. The first-order valence-electron chi connectivity index (χ1n) is 5.40. The molecule has 0 bridgehead atoms. The van der Waals surface area contributed by atoms with Crippen LogP contribution in [-0.2, 0) is 9.53 Å².